The van der Waals surface area contributed by atoms with E-state index in [-0.39, 0.29) is 17.9 Å². The molecule has 1 aromatic rings. The minimum atomic E-state index is -4.84. The van der Waals surface area contributed by atoms with Crippen molar-refractivity contribution in [1.29, 1.82) is 0 Å². The number of aryl methyl sites for hydroxylation is 1. The largest absolute Gasteiger partial charge is 0.573 e. The molecule has 2 rings (SSSR count). The van der Waals surface area contributed by atoms with Crippen LogP contribution in [-0.2, 0) is 20.7 Å². The van der Waals surface area contributed by atoms with Gasteiger partial charge in [0, 0.05) is 10.8 Å². The molecule has 2 N–H and O–H groups in total. The fraction of sp³-hybridized carbons (Fsp3) is 0.542. The maximum Gasteiger partial charge on any atom is 0.573 e. The number of nitrogens with one attached hydrogen (secondary N) is 1. The highest BCUT2D eigenvalue weighted by molar-refractivity contribution is 7.16. The van der Waals surface area contributed by atoms with E-state index in [1.165, 1.54) is 31.3 Å². The number of ether oxygens (including phenoxy) is 1. The summed E-state index contributed by atoms with van der Waals surface area (Å²) in [6.07, 6.45) is 0.469. The lowest BCUT2D eigenvalue weighted by atomic mass is 10.00. The van der Waals surface area contributed by atoms with Crippen LogP contribution in [0.15, 0.2) is 30.1 Å². The number of ketones is 1. The third-order valence-electron chi connectivity index (χ3n) is 5.13. The number of halogens is 3. The first kappa shape index (κ1) is 30.4. The van der Waals surface area contributed by atoms with Crippen LogP contribution in [0.2, 0.25) is 0 Å². The van der Waals surface area contributed by atoms with E-state index in [1.807, 2.05) is 20.8 Å². The Labute approximate surface area is 207 Å². The van der Waals surface area contributed by atoms with Crippen LogP contribution in [0.4, 0.5) is 18.2 Å². The van der Waals surface area contributed by atoms with Gasteiger partial charge in [-0.1, -0.05) is 33.8 Å². The minimum Gasteiger partial charge on any atom is -0.480 e. The van der Waals surface area contributed by atoms with Crippen molar-refractivity contribution in [1.82, 2.24) is 4.90 Å². The van der Waals surface area contributed by atoms with Crippen LogP contribution in [0.25, 0.3) is 0 Å². The van der Waals surface area contributed by atoms with Crippen LogP contribution in [-0.4, -0.2) is 53.2 Å². The van der Waals surface area contributed by atoms with E-state index < -0.39 is 36.0 Å². The molecule has 1 aliphatic heterocycles. The van der Waals surface area contributed by atoms with Crippen LogP contribution in [0.1, 0.15) is 62.7 Å². The molecule has 196 valence electrons. The molecule has 1 aliphatic rings. The quantitative estimate of drug-likeness (QED) is 0.236. The Balaban J connectivity index is 0.00000298. The van der Waals surface area contributed by atoms with Crippen molar-refractivity contribution >= 4 is 34.0 Å². The van der Waals surface area contributed by atoms with Crippen molar-refractivity contribution in [3.63, 3.8) is 0 Å². The van der Waals surface area contributed by atoms with E-state index in [2.05, 4.69) is 10.1 Å². The highest BCUT2D eigenvalue weighted by Crippen LogP contribution is 2.31. The Morgan fingerprint density at radius 1 is 1.34 bits per heavy atom. The summed E-state index contributed by atoms with van der Waals surface area (Å²) in [7, 11) is 0. The fourth-order valence-electron chi connectivity index (χ4n) is 3.43. The second-order valence-electron chi connectivity index (χ2n) is 7.57. The SMILES string of the molecule is C/C=C(\C=C/C(C)C(=O)c1cc(CC)sc1NC(=O)CN1CCCC1C(=O)O)OC(F)(F)F.CC. The van der Waals surface area contributed by atoms with E-state index in [4.69, 9.17) is 0 Å². The molecule has 0 aliphatic carbocycles. The number of likely N-dealkylation sites (tertiary alicyclic amines) is 1. The number of rotatable bonds is 10. The standard InChI is InChI=1S/C22H27F3N2O5S.C2H6/c1-4-14(32-22(23,24)25)9-8-13(3)19(29)16-11-15(5-2)33-20(16)26-18(28)12-27-10-6-7-17(27)21(30)31;1-2/h4,8-9,11,13,17H,5-7,10,12H2,1-3H3,(H,26,28)(H,30,31);1-2H3/b9-8-,14-4+;. The number of carboxylic acids is 1. The molecule has 0 bridgehead atoms. The van der Waals surface area contributed by atoms with Gasteiger partial charge < -0.3 is 15.2 Å². The molecular formula is C24H33F3N2O5S. The minimum absolute atomic E-state index is 0.112. The molecule has 2 atom stereocenters. The molecule has 0 aromatic carbocycles. The van der Waals surface area contributed by atoms with Crippen LogP contribution < -0.4 is 5.32 Å². The van der Waals surface area contributed by atoms with Gasteiger partial charge in [-0.15, -0.1) is 24.5 Å². The van der Waals surface area contributed by atoms with Gasteiger partial charge >= 0.3 is 12.3 Å². The summed E-state index contributed by atoms with van der Waals surface area (Å²) >= 11 is 1.24. The maximum absolute atomic E-state index is 13.0. The van der Waals surface area contributed by atoms with Gasteiger partial charge in [0.1, 0.15) is 16.8 Å². The van der Waals surface area contributed by atoms with Gasteiger partial charge in [0.15, 0.2) is 5.78 Å². The van der Waals surface area contributed by atoms with E-state index in [9.17, 15) is 32.7 Å². The summed E-state index contributed by atoms with van der Waals surface area (Å²) in [6, 6.07) is 0.947. The molecule has 0 radical (unpaired) electrons. The smallest absolute Gasteiger partial charge is 0.480 e. The second-order valence-corrected chi connectivity index (χ2v) is 8.71. The highest BCUT2D eigenvalue weighted by atomic mass is 32.1. The van der Waals surface area contributed by atoms with Gasteiger partial charge in [0.25, 0.3) is 0 Å². The number of allylic oxidation sites excluding steroid dienone is 3. The molecule has 0 spiro atoms. The van der Waals surface area contributed by atoms with Crippen molar-refractivity contribution in [2.75, 3.05) is 18.4 Å². The normalized spacial score (nSPS) is 17.6. The van der Waals surface area contributed by atoms with Gasteiger partial charge in [-0.25, -0.2) is 0 Å². The predicted molar refractivity (Wildman–Crippen MR) is 129 cm³/mol. The predicted octanol–water partition coefficient (Wildman–Crippen LogP) is 5.64. The summed E-state index contributed by atoms with van der Waals surface area (Å²) in [5.74, 6) is -2.99. The average Bonchev–Trinajstić information content (AvgIpc) is 3.43. The zero-order valence-electron chi connectivity index (χ0n) is 20.6. The number of nitrogens with zero attached hydrogens (tertiary/aromatic N) is 1. The van der Waals surface area contributed by atoms with Crippen LogP contribution in [0, 0.1) is 5.92 Å². The number of carboxylic acid groups (broad SMARTS) is 1. The molecule has 1 saturated heterocycles. The average molecular weight is 519 g/mol. The van der Waals surface area contributed by atoms with Crippen LogP contribution in [0.5, 0.6) is 0 Å². The molecule has 35 heavy (non-hydrogen) atoms. The lowest BCUT2D eigenvalue weighted by Gasteiger charge is -2.20. The Morgan fingerprint density at radius 3 is 2.54 bits per heavy atom. The van der Waals surface area contributed by atoms with Gasteiger partial charge in [-0.2, -0.15) is 0 Å². The van der Waals surface area contributed by atoms with Crippen LogP contribution >= 0.6 is 11.3 Å². The molecule has 1 fully saturated rings. The summed E-state index contributed by atoms with van der Waals surface area (Å²) in [5.41, 5.74) is 0.261. The first-order valence-electron chi connectivity index (χ1n) is 11.5. The number of amides is 1. The fourth-order valence-corrected chi connectivity index (χ4v) is 4.45. The number of carbonyl (C=O) groups excluding carboxylic acids is 2. The second kappa shape index (κ2) is 14.0. The third-order valence-corrected chi connectivity index (χ3v) is 6.32. The lowest BCUT2D eigenvalue weighted by Crippen LogP contribution is -2.40. The molecule has 0 saturated carbocycles. The zero-order chi connectivity index (χ0) is 26.8. The van der Waals surface area contributed by atoms with Crippen molar-refractivity contribution in [2.24, 2.45) is 5.92 Å². The van der Waals surface area contributed by atoms with Gasteiger partial charge in [0.05, 0.1) is 12.1 Å². The summed E-state index contributed by atoms with van der Waals surface area (Å²) in [4.78, 5) is 39.3. The van der Waals surface area contributed by atoms with Gasteiger partial charge in [-0.05, 0) is 50.9 Å². The zero-order valence-corrected chi connectivity index (χ0v) is 21.4. The number of hydrogen-bond acceptors (Lipinski definition) is 6. The van der Waals surface area contributed by atoms with E-state index in [0.29, 0.717) is 30.8 Å². The van der Waals surface area contributed by atoms with Crippen molar-refractivity contribution < 1.29 is 37.4 Å². The van der Waals surface area contributed by atoms with E-state index in [1.54, 1.807) is 11.0 Å². The monoisotopic (exact) mass is 518 g/mol. The Bertz CT molecular complexity index is 940. The number of alkyl halides is 3. The molecule has 1 amide bonds. The Kier molecular flexibility index (Phi) is 12.2. The van der Waals surface area contributed by atoms with Gasteiger partial charge in [-0.3, -0.25) is 19.3 Å². The Morgan fingerprint density at radius 2 is 2.00 bits per heavy atom. The number of carbonyl (C=O) groups is 3. The van der Waals surface area contributed by atoms with E-state index >= 15 is 0 Å². The number of anilines is 1. The molecule has 2 heterocycles. The molecule has 7 nitrogen and oxygen atoms in total. The Hall–Kier alpha value is -2.66. The maximum atomic E-state index is 13.0. The van der Waals surface area contributed by atoms with Crippen molar-refractivity contribution in [3.05, 3.63) is 40.5 Å². The molecule has 11 heteroatoms. The summed E-state index contributed by atoms with van der Waals surface area (Å²) in [6.45, 7) is 9.20. The topological polar surface area (TPSA) is 95.9 Å². The highest BCUT2D eigenvalue weighted by Gasteiger charge is 2.33. The molecule has 1 aromatic heterocycles. The number of thiophene rings is 1. The van der Waals surface area contributed by atoms with Crippen LogP contribution in [0.3, 0.4) is 0 Å². The third kappa shape index (κ3) is 9.48. The number of Topliss-reactive ketones (excluding diaryl/α,β-unsaturated/α-hetero) is 1. The summed E-state index contributed by atoms with van der Waals surface area (Å²) in [5, 5.41) is 12.3. The first-order chi connectivity index (χ1) is 16.4. The first-order valence-corrected chi connectivity index (χ1v) is 12.3. The van der Waals surface area contributed by atoms with Gasteiger partial charge in [0.2, 0.25) is 5.91 Å². The summed E-state index contributed by atoms with van der Waals surface area (Å²) < 4.78 is 41.2. The lowest BCUT2D eigenvalue weighted by molar-refractivity contribution is -0.303. The molecular weight excluding hydrogens is 485 g/mol. The van der Waals surface area contributed by atoms with Crippen molar-refractivity contribution in [2.45, 2.75) is 66.3 Å². The number of aliphatic carboxylic acids is 1. The van der Waals surface area contributed by atoms with Crippen molar-refractivity contribution in [3.8, 4) is 0 Å². The number of hydrogen-bond donors (Lipinski definition) is 2. The molecule has 2 unspecified atom stereocenters. The van der Waals surface area contributed by atoms with E-state index in [0.717, 1.165) is 17.0 Å².